The van der Waals surface area contributed by atoms with Crippen LogP contribution in [-0.4, -0.2) is 24.1 Å². The van der Waals surface area contributed by atoms with Crippen molar-refractivity contribution in [2.24, 2.45) is 0 Å². The van der Waals surface area contributed by atoms with Crippen molar-refractivity contribution in [3.05, 3.63) is 98.3 Å². The number of nitro benzene ring substituents is 1. The monoisotopic (exact) mass is 373 g/mol. The van der Waals surface area contributed by atoms with E-state index in [1.165, 1.54) is 22.7 Å². The maximum atomic E-state index is 12.7. The van der Waals surface area contributed by atoms with Crippen LogP contribution in [0, 0.1) is 17.0 Å². The van der Waals surface area contributed by atoms with Crippen molar-refractivity contribution < 1.29 is 4.92 Å². The number of non-ortho nitro benzene ring substituents is 1. The van der Waals surface area contributed by atoms with E-state index < -0.39 is 4.92 Å². The van der Waals surface area contributed by atoms with Gasteiger partial charge in [-0.2, -0.15) is 4.52 Å². The Labute approximate surface area is 159 Å². The highest BCUT2D eigenvalue weighted by Gasteiger charge is 2.12. The van der Waals surface area contributed by atoms with Crippen LogP contribution in [0.1, 0.15) is 16.8 Å². The molecule has 0 fully saturated rings. The first kappa shape index (κ1) is 17.3. The van der Waals surface area contributed by atoms with Crippen LogP contribution in [0.3, 0.4) is 0 Å². The largest absolute Gasteiger partial charge is 0.273 e. The molecule has 0 radical (unpaired) electrons. The first-order valence-electron chi connectivity index (χ1n) is 8.48. The van der Waals surface area contributed by atoms with E-state index in [2.05, 4.69) is 9.97 Å². The van der Waals surface area contributed by atoms with Gasteiger partial charge in [0.05, 0.1) is 16.3 Å². The molecule has 0 aliphatic heterocycles. The minimum Gasteiger partial charge on any atom is -0.267 e. The standard InChI is InChI=1S/C20H15N5O3/c1-14-13-23(17-6-8-18(9-7-17)25(27)28)24-19(26)11-16(22-20(14)24)5-4-15-3-2-10-21-12-15/h2-13H,1H3. The molecule has 3 aromatic heterocycles. The zero-order valence-electron chi connectivity index (χ0n) is 14.9. The lowest BCUT2D eigenvalue weighted by Gasteiger charge is -2.06. The van der Waals surface area contributed by atoms with Crippen molar-refractivity contribution in [3.63, 3.8) is 0 Å². The molecule has 0 spiro atoms. The van der Waals surface area contributed by atoms with Gasteiger partial charge >= 0.3 is 0 Å². The lowest BCUT2D eigenvalue weighted by atomic mass is 10.2. The number of hydrogen-bond acceptors (Lipinski definition) is 5. The van der Waals surface area contributed by atoms with Crippen LogP contribution in [-0.2, 0) is 0 Å². The lowest BCUT2D eigenvalue weighted by molar-refractivity contribution is -0.384. The molecule has 0 atom stereocenters. The fourth-order valence-corrected chi connectivity index (χ4v) is 2.91. The molecule has 0 amide bonds. The molecule has 4 aromatic rings. The number of pyridine rings is 1. The summed E-state index contributed by atoms with van der Waals surface area (Å²) in [6.45, 7) is 1.86. The molecule has 0 aliphatic carbocycles. The normalized spacial score (nSPS) is 11.3. The van der Waals surface area contributed by atoms with Crippen LogP contribution in [0.25, 0.3) is 23.5 Å². The van der Waals surface area contributed by atoms with Crippen molar-refractivity contribution in [2.45, 2.75) is 6.92 Å². The van der Waals surface area contributed by atoms with Gasteiger partial charge < -0.3 is 0 Å². The van der Waals surface area contributed by atoms with Gasteiger partial charge in [0.15, 0.2) is 5.65 Å². The Kier molecular flexibility index (Phi) is 4.29. The fraction of sp³-hybridized carbons (Fsp3) is 0.0500. The Morgan fingerprint density at radius 1 is 1.14 bits per heavy atom. The zero-order chi connectivity index (χ0) is 19.7. The second kappa shape index (κ2) is 6.92. The Morgan fingerprint density at radius 2 is 1.93 bits per heavy atom. The third kappa shape index (κ3) is 3.18. The van der Waals surface area contributed by atoms with Crippen LogP contribution >= 0.6 is 0 Å². The first-order valence-corrected chi connectivity index (χ1v) is 8.48. The Morgan fingerprint density at radius 3 is 2.61 bits per heavy atom. The molecule has 3 heterocycles. The topological polar surface area (TPSA) is 95.3 Å². The molecule has 1 aromatic carbocycles. The van der Waals surface area contributed by atoms with Gasteiger partial charge in [-0.3, -0.25) is 24.6 Å². The summed E-state index contributed by atoms with van der Waals surface area (Å²) in [6, 6.07) is 11.2. The first-order chi connectivity index (χ1) is 13.5. The van der Waals surface area contributed by atoms with Gasteiger partial charge in [0, 0.05) is 42.4 Å². The highest BCUT2D eigenvalue weighted by Crippen LogP contribution is 2.18. The van der Waals surface area contributed by atoms with Gasteiger partial charge in [-0.05, 0) is 36.8 Å². The van der Waals surface area contributed by atoms with E-state index in [0.717, 1.165) is 11.1 Å². The van der Waals surface area contributed by atoms with Crippen LogP contribution < -0.4 is 5.56 Å². The van der Waals surface area contributed by atoms with Crippen molar-refractivity contribution in [2.75, 3.05) is 0 Å². The van der Waals surface area contributed by atoms with Gasteiger partial charge in [0.25, 0.3) is 11.2 Å². The summed E-state index contributed by atoms with van der Waals surface area (Å²) in [5.41, 5.74) is 3.16. The average Bonchev–Trinajstić information content (AvgIpc) is 3.04. The van der Waals surface area contributed by atoms with Crippen molar-refractivity contribution >= 4 is 23.5 Å². The number of nitrogens with zero attached hydrogens (tertiary/aromatic N) is 5. The maximum absolute atomic E-state index is 12.7. The lowest BCUT2D eigenvalue weighted by Crippen LogP contribution is -2.20. The smallest absolute Gasteiger partial charge is 0.267 e. The minimum atomic E-state index is -0.461. The van der Waals surface area contributed by atoms with E-state index in [-0.39, 0.29) is 11.2 Å². The number of aryl methyl sites for hydroxylation is 1. The van der Waals surface area contributed by atoms with E-state index in [9.17, 15) is 14.9 Å². The Balaban J connectivity index is 1.78. The molecular weight excluding hydrogens is 358 g/mol. The molecule has 28 heavy (non-hydrogen) atoms. The maximum Gasteiger partial charge on any atom is 0.273 e. The molecule has 0 aliphatic rings. The summed E-state index contributed by atoms with van der Waals surface area (Å²) in [6.07, 6.45) is 8.80. The van der Waals surface area contributed by atoms with Crippen LogP contribution in [0.2, 0.25) is 0 Å². The van der Waals surface area contributed by atoms with E-state index in [1.807, 2.05) is 25.1 Å². The molecule has 0 bridgehead atoms. The molecule has 8 heteroatoms. The second-order valence-corrected chi connectivity index (χ2v) is 6.20. The summed E-state index contributed by atoms with van der Waals surface area (Å²) in [5, 5.41) is 10.8. The van der Waals surface area contributed by atoms with Gasteiger partial charge in [-0.15, -0.1) is 0 Å². The molecular formula is C20H15N5O3. The van der Waals surface area contributed by atoms with Gasteiger partial charge in [0.1, 0.15) is 0 Å². The van der Waals surface area contributed by atoms with Crippen LogP contribution in [0.15, 0.2) is 65.8 Å². The highest BCUT2D eigenvalue weighted by molar-refractivity contribution is 5.68. The molecule has 8 nitrogen and oxygen atoms in total. The number of fused-ring (bicyclic) bond motifs is 1. The summed E-state index contributed by atoms with van der Waals surface area (Å²) in [4.78, 5) is 31.7. The van der Waals surface area contributed by atoms with Crippen LogP contribution in [0.4, 0.5) is 5.69 Å². The molecule has 0 saturated carbocycles. The van der Waals surface area contributed by atoms with Gasteiger partial charge in [-0.1, -0.05) is 12.1 Å². The summed E-state index contributed by atoms with van der Waals surface area (Å²) in [7, 11) is 0. The second-order valence-electron chi connectivity index (χ2n) is 6.20. The summed E-state index contributed by atoms with van der Waals surface area (Å²) >= 11 is 0. The number of aromatic nitrogens is 4. The molecule has 0 unspecified atom stereocenters. The quantitative estimate of drug-likeness (QED) is 0.404. The van der Waals surface area contributed by atoms with Crippen molar-refractivity contribution in [3.8, 4) is 5.69 Å². The third-order valence-corrected chi connectivity index (χ3v) is 4.26. The number of rotatable bonds is 4. The van der Waals surface area contributed by atoms with Crippen molar-refractivity contribution in [1.29, 1.82) is 0 Å². The van der Waals surface area contributed by atoms with Gasteiger partial charge in [0.2, 0.25) is 0 Å². The molecule has 0 N–H and O–H groups in total. The third-order valence-electron chi connectivity index (χ3n) is 4.26. The molecule has 138 valence electrons. The highest BCUT2D eigenvalue weighted by atomic mass is 16.6. The Bertz CT molecular complexity index is 1250. The molecule has 0 saturated heterocycles. The number of benzene rings is 1. The predicted octanol–water partition coefficient (Wildman–Crippen LogP) is 3.27. The fourth-order valence-electron chi connectivity index (χ4n) is 2.91. The Hall–Kier alpha value is -4.07. The van der Waals surface area contributed by atoms with Crippen molar-refractivity contribution in [1.82, 2.24) is 19.2 Å². The predicted molar refractivity (Wildman–Crippen MR) is 105 cm³/mol. The van der Waals surface area contributed by atoms with Crippen LogP contribution in [0.5, 0.6) is 0 Å². The SMILES string of the molecule is Cc1cn(-c2ccc([N+](=O)[O-])cc2)n2c(=O)cc(C=Cc3cccnc3)nc12. The molecule has 4 rings (SSSR count). The average molecular weight is 373 g/mol. The van der Waals surface area contributed by atoms with E-state index in [1.54, 1.807) is 41.5 Å². The zero-order valence-corrected chi connectivity index (χ0v) is 14.9. The minimum absolute atomic E-state index is 0.00905. The summed E-state index contributed by atoms with van der Waals surface area (Å²) in [5.74, 6) is 0. The summed E-state index contributed by atoms with van der Waals surface area (Å²) < 4.78 is 3.08. The van der Waals surface area contributed by atoms with E-state index >= 15 is 0 Å². The van der Waals surface area contributed by atoms with Gasteiger partial charge in [-0.25, -0.2) is 4.98 Å². The number of hydrogen-bond donors (Lipinski definition) is 0. The van der Waals surface area contributed by atoms with E-state index in [4.69, 9.17) is 0 Å². The number of nitro groups is 1. The van der Waals surface area contributed by atoms with E-state index in [0.29, 0.717) is 17.0 Å².